The molecule has 17 nitrogen and oxygen atoms in total. The highest BCUT2D eigenvalue weighted by molar-refractivity contribution is 6.04. The van der Waals surface area contributed by atoms with Crippen molar-refractivity contribution >= 4 is 39.3 Å². The highest BCUT2D eigenvalue weighted by atomic mass is 19.1. The van der Waals surface area contributed by atoms with Gasteiger partial charge in [-0.05, 0) is 102 Å². The van der Waals surface area contributed by atoms with Gasteiger partial charge in [-0.15, -0.1) is 5.10 Å². The molecule has 0 spiro atoms. The van der Waals surface area contributed by atoms with E-state index in [0.29, 0.717) is 110 Å². The maximum absolute atomic E-state index is 15.7. The van der Waals surface area contributed by atoms with Crippen LogP contribution in [0.5, 0.6) is 17.5 Å². The maximum Gasteiger partial charge on any atom is 0.319 e. The van der Waals surface area contributed by atoms with Gasteiger partial charge in [0.15, 0.2) is 5.75 Å². The number of ether oxygens (including phenoxy) is 3. The van der Waals surface area contributed by atoms with Crippen LogP contribution in [-0.2, 0) is 27.4 Å². The van der Waals surface area contributed by atoms with Crippen LogP contribution in [0.1, 0.15) is 82.2 Å². The number of hydrogen-bond donors (Lipinski definition) is 4. The lowest BCUT2D eigenvalue weighted by Crippen LogP contribution is -2.51. The minimum absolute atomic E-state index is 0.0213. The number of pyridine rings is 1. The van der Waals surface area contributed by atoms with Gasteiger partial charge in [-0.2, -0.15) is 9.97 Å². The number of fused-ring (bicyclic) bond motifs is 4. The summed E-state index contributed by atoms with van der Waals surface area (Å²) in [5, 5.41) is 39.1. The number of hydrogen-bond acceptors (Lipinski definition) is 14. The topological polar surface area (TPSA) is 202 Å². The first-order chi connectivity index (χ1) is 39.3. The van der Waals surface area contributed by atoms with E-state index in [1.807, 2.05) is 52.0 Å². The minimum Gasteiger partial charge on any atom is -0.508 e. The van der Waals surface area contributed by atoms with E-state index in [2.05, 4.69) is 25.8 Å². The first-order valence-corrected chi connectivity index (χ1v) is 27.8. The molecule has 81 heavy (non-hydrogen) atoms. The number of nitrogens with zero attached hydrogens (tertiary/aromatic N) is 8. The summed E-state index contributed by atoms with van der Waals surface area (Å²) in [4.78, 5) is 47.4. The van der Waals surface area contributed by atoms with Gasteiger partial charge in [0.1, 0.15) is 65.4 Å². The van der Waals surface area contributed by atoms with Crippen LogP contribution in [0.4, 0.5) is 14.6 Å². The lowest BCUT2D eigenvalue weighted by molar-refractivity contribution is -0.142. The fourth-order valence-corrected chi connectivity index (χ4v) is 11.7. The van der Waals surface area contributed by atoms with E-state index < -0.39 is 18.1 Å². The molecule has 6 atom stereocenters. The zero-order valence-corrected chi connectivity index (χ0v) is 46.0. The van der Waals surface area contributed by atoms with Crippen molar-refractivity contribution in [2.24, 2.45) is 5.92 Å². The van der Waals surface area contributed by atoms with Gasteiger partial charge in [0.05, 0.1) is 30.3 Å². The second kappa shape index (κ2) is 23.5. The molecule has 420 valence electrons. The molecule has 3 aromatic heterocycles. The Morgan fingerprint density at radius 2 is 1.63 bits per heavy atom. The number of amides is 2. The van der Waals surface area contributed by atoms with Crippen LogP contribution in [0.3, 0.4) is 0 Å². The summed E-state index contributed by atoms with van der Waals surface area (Å²) >= 11 is 0. The molecule has 5 aromatic carbocycles. The molecule has 3 aliphatic rings. The third-order valence-corrected chi connectivity index (χ3v) is 15.9. The summed E-state index contributed by atoms with van der Waals surface area (Å²) in [7, 11) is 1.61. The van der Waals surface area contributed by atoms with Crippen LogP contribution in [0.15, 0.2) is 109 Å². The number of aromatic hydroxyl groups is 1. The third kappa shape index (κ3) is 11.2. The van der Waals surface area contributed by atoms with Gasteiger partial charge >= 0.3 is 6.01 Å². The van der Waals surface area contributed by atoms with E-state index in [1.165, 1.54) is 12.1 Å². The molecule has 2 amide bonds. The number of piperazine rings is 1. The Morgan fingerprint density at radius 3 is 2.35 bits per heavy atom. The van der Waals surface area contributed by atoms with Gasteiger partial charge in [0.2, 0.25) is 11.8 Å². The summed E-state index contributed by atoms with van der Waals surface area (Å²) in [6, 6.07) is 25.8. The normalized spacial score (nSPS) is 18.2. The maximum atomic E-state index is 15.7. The number of methoxy groups -OCH3 is 1. The summed E-state index contributed by atoms with van der Waals surface area (Å²) in [5.41, 5.74) is 5.54. The Labute approximate surface area is 468 Å². The number of aliphatic hydroxyl groups excluding tert-OH is 1. The Bertz CT molecular complexity index is 3590. The van der Waals surface area contributed by atoms with Crippen LogP contribution in [0.25, 0.3) is 55.3 Å². The number of phenolic OH excluding ortho intramolecular Hbond substituents is 1. The summed E-state index contributed by atoms with van der Waals surface area (Å²) in [6.45, 7) is 9.33. The van der Waals surface area contributed by atoms with Gasteiger partial charge in [-0.1, -0.05) is 98.8 Å². The highest BCUT2D eigenvalue weighted by Gasteiger charge is 2.40. The number of carbonyl (C=O) groups is 2. The predicted molar refractivity (Wildman–Crippen MR) is 304 cm³/mol. The van der Waals surface area contributed by atoms with E-state index >= 15 is 4.39 Å². The quantitative estimate of drug-likeness (QED) is 0.0597. The average molecular weight is 1100 g/mol. The van der Waals surface area contributed by atoms with Crippen LogP contribution < -0.4 is 25.0 Å². The Morgan fingerprint density at radius 1 is 0.877 bits per heavy atom. The van der Waals surface area contributed by atoms with E-state index in [4.69, 9.17) is 29.2 Å². The van der Waals surface area contributed by atoms with Crippen molar-refractivity contribution in [2.75, 3.05) is 44.9 Å². The molecule has 6 heterocycles. The van der Waals surface area contributed by atoms with Gasteiger partial charge in [-0.3, -0.25) is 14.6 Å². The molecule has 8 aromatic rings. The molecule has 0 radical (unpaired) electrons. The fourth-order valence-electron chi connectivity index (χ4n) is 11.7. The first kappa shape index (κ1) is 54.8. The monoisotopic (exact) mass is 1100 g/mol. The zero-order valence-electron chi connectivity index (χ0n) is 46.0. The number of benzene rings is 5. The number of anilines is 1. The number of aliphatic hydroxyl groups is 1. The molecule has 3 aliphatic heterocycles. The minimum atomic E-state index is -0.774. The van der Waals surface area contributed by atoms with Crippen molar-refractivity contribution in [1.29, 1.82) is 0 Å². The highest BCUT2D eigenvalue weighted by Crippen LogP contribution is 2.44. The fraction of sp³-hybridized carbons (Fsp3) is 0.371. The van der Waals surface area contributed by atoms with Crippen LogP contribution in [0.2, 0.25) is 0 Å². The molecule has 0 aliphatic carbocycles. The molecule has 19 heteroatoms. The number of aryl methyl sites for hydroxylation is 1. The molecule has 4 N–H and O–H groups in total. The lowest BCUT2D eigenvalue weighted by atomic mass is 9.94. The molecule has 2 bridgehead atoms. The van der Waals surface area contributed by atoms with Crippen LogP contribution in [0, 0.1) is 17.6 Å². The first-order valence-electron chi connectivity index (χ1n) is 27.8. The third-order valence-electron chi connectivity index (χ3n) is 15.9. The SMILES string of the molecule is CCc1c(F)ccc2cc(O)cc(-c3ncc4c(N5CC6CCC(C5)N6)nc(OC[C@H](C)OC)nc4c3OCc3ccc(-c4cn(C(C(=O)N5CCCC5C(=O)NC(CO)c5ccc(-c6ccccc6F)cc5)C(C)C)nn4)cc3)c12. The molecule has 3 fully saturated rings. The van der Waals surface area contributed by atoms with Crippen molar-refractivity contribution in [3.63, 3.8) is 0 Å². The van der Waals surface area contributed by atoms with Gasteiger partial charge in [0, 0.05) is 61.7 Å². The van der Waals surface area contributed by atoms with Gasteiger partial charge < -0.3 is 44.9 Å². The summed E-state index contributed by atoms with van der Waals surface area (Å²) in [5.74, 6) is -0.653. The number of carbonyl (C=O) groups excluding carboxylic acids is 2. The van der Waals surface area contributed by atoms with E-state index in [0.717, 1.165) is 37.1 Å². The summed E-state index contributed by atoms with van der Waals surface area (Å²) in [6.07, 6.45) is 6.79. The number of likely N-dealkylation sites (tertiary alicyclic amines) is 1. The standard InChI is InChI=1S/C62H66F2N10O7/c1-6-45-50(64)24-21-41-26-44(76)27-47(54(41)45)55-58(56-48(28-65-55)59(69-62(68-56)81-33-36(4)79-5)72-29-42-22-23-43(30-72)66-42)80-34-37-13-15-39(16-14-37)51-31-74(71-70-51)57(35(2)3)61(78)73-25-9-12-53(73)60(77)67-52(32-75)40-19-17-38(18-20-40)46-10-7-8-11-49(46)63/h7-8,10-11,13-21,24,26-28,31,35-36,42-43,52-53,57,66,75-76H,6,9,12,22-23,25,29-30,32-34H2,1-5H3,(H,67,77)/t36-,42?,43?,52?,53?,57?/m0/s1. The lowest BCUT2D eigenvalue weighted by Gasteiger charge is -2.34. The number of rotatable bonds is 19. The smallest absolute Gasteiger partial charge is 0.319 e. The Hall–Kier alpha value is -8.13. The molecule has 11 rings (SSSR count). The van der Waals surface area contributed by atoms with E-state index in [-0.39, 0.29) is 67.1 Å². The van der Waals surface area contributed by atoms with Crippen molar-refractivity contribution in [3.05, 3.63) is 138 Å². The second-order valence-electron chi connectivity index (χ2n) is 21.7. The van der Waals surface area contributed by atoms with Crippen molar-refractivity contribution in [1.82, 2.24) is 45.5 Å². The van der Waals surface area contributed by atoms with Crippen LogP contribution in [-0.4, -0.2) is 121 Å². The van der Waals surface area contributed by atoms with Crippen molar-refractivity contribution in [3.8, 4) is 51.2 Å². The average Bonchev–Trinajstić information content (AvgIpc) is 4.40. The zero-order chi connectivity index (χ0) is 56.5. The molecular formula is C62H66F2N10O7. The van der Waals surface area contributed by atoms with Crippen molar-refractivity contribution < 1.29 is 42.8 Å². The van der Waals surface area contributed by atoms with Crippen molar-refractivity contribution in [2.45, 2.75) is 103 Å². The van der Waals surface area contributed by atoms with Gasteiger partial charge in [-0.25, -0.2) is 13.5 Å². The molecule has 5 unspecified atom stereocenters. The number of phenols is 1. The van der Waals surface area contributed by atoms with E-state index in [9.17, 15) is 24.2 Å². The van der Waals surface area contributed by atoms with Gasteiger partial charge in [0.25, 0.3) is 0 Å². The summed E-state index contributed by atoms with van der Waals surface area (Å²) < 4.78 is 50.4. The molecular weight excluding hydrogens is 1030 g/mol. The molecule has 0 saturated carbocycles. The molecule has 3 saturated heterocycles. The number of nitrogens with one attached hydrogen (secondary N) is 2. The second-order valence-corrected chi connectivity index (χ2v) is 21.7. The largest absolute Gasteiger partial charge is 0.508 e. The number of halogens is 2. The number of aromatic nitrogens is 6. The Balaban J connectivity index is 0.857. The van der Waals surface area contributed by atoms with E-state index in [1.54, 1.807) is 89.7 Å². The predicted octanol–water partition coefficient (Wildman–Crippen LogP) is 9.29. The Kier molecular flexibility index (Phi) is 15.9. The van der Waals surface area contributed by atoms with Crippen LogP contribution >= 0.6 is 0 Å².